The standard InChI is InChI=1S/C25H36N3O9PS/c1-17(2)15-27-28(25(29)30)22(14-18-6-4-3-5-7-18)23(37-38(31,32)33)24(19-12-13-36-16-19)39(34,35)21-10-8-20(26)9-11-21/h3-11,17,19,22-24,27H,12-16,26H2,1-2H3,(H,29,30)(H2,31,32,33)/t19?,22-,23+,24-/m0/s1. The van der Waals surface area contributed by atoms with Gasteiger partial charge in [-0.25, -0.2) is 28.2 Å². The summed E-state index contributed by atoms with van der Waals surface area (Å²) >= 11 is 0. The minimum absolute atomic E-state index is 0.00270. The zero-order valence-corrected chi connectivity index (χ0v) is 23.5. The molecule has 0 aromatic heterocycles. The average Bonchev–Trinajstić information content (AvgIpc) is 3.37. The molecule has 39 heavy (non-hydrogen) atoms. The minimum Gasteiger partial charge on any atom is -0.464 e. The van der Waals surface area contributed by atoms with Crippen molar-refractivity contribution in [2.45, 2.75) is 49.0 Å². The topological polar surface area (TPSA) is 189 Å². The summed E-state index contributed by atoms with van der Waals surface area (Å²) in [5.41, 5.74) is 9.51. The Bertz CT molecular complexity index is 1230. The molecular weight excluding hydrogens is 549 g/mol. The summed E-state index contributed by atoms with van der Waals surface area (Å²) in [6.07, 6.45) is -3.06. The number of nitrogen functional groups attached to an aromatic ring is 1. The van der Waals surface area contributed by atoms with E-state index in [0.717, 1.165) is 5.01 Å². The number of nitrogens with zero attached hydrogens (tertiary/aromatic N) is 1. The number of anilines is 1. The summed E-state index contributed by atoms with van der Waals surface area (Å²) < 4.78 is 51.4. The van der Waals surface area contributed by atoms with Gasteiger partial charge in [-0.3, -0.25) is 4.52 Å². The number of hydrazine groups is 1. The van der Waals surface area contributed by atoms with Crippen molar-refractivity contribution in [2.75, 3.05) is 25.5 Å². The normalized spacial score (nSPS) is 18.5. The third-order valence-corrected chi connectivity index (χ3v) is 9.27. The number of nitrogens with one attached hydrogen (secondary N) is 1. The van der Waals surface area contributed by atoms with Gasteiger partial charge in [0.2, 0.25) is 0 Å². The number of phosphoric acid groups is 1. The molecule has 0 aliphatic carbocycles. The summed E-state index contributed by atoms with van der Waals surface area (Å²) in [4.78, 5) is 32.3. The Kier molecular flexibility index (Phi) is 10.5. The summed E-state index contributed by atoms with van der Waals surface area (Å²) in [6.45, 7) is 4.13. The van der Waals surface area contributed by atoms with E-state index in [9.17, 15) is 32.7 Å². The predicted molar refractivity (Wildman–Crippen MR) is 144 cm³/mol. The van der Waals surface area contributed by atoms with E-state index < -0.39 is 47.1 Å². The Morgan fingerprint density at radius 3 is 2.33 bits per heavy atom. The van der Waals surface area contributed by atoms with Crippen LogP contribution in [-0.4, -0.2) is 71.6 Å². The number of benzene rings is 2. The highest BCUT2D eigenvalue weighted by Gasteiger charge is 2.50. The van der Waals surface area contributed by atoms with Gasteiger partial charge in [0.1, 0.15) is 6.10 Å². The van der Waals surface area contributed by atoms with Gasteiger partial charge in [0, 0.05) is 24.8 Å². The van der Waals surface area contributed by atoms with E-state index in [4.69, 9.17) is 15.0 Å². The number of hydrogen-bond acceptors (Lipinski definition) is 8. The number of ether oxygens (including phenoxy) is 1. The molecule has 0 saturated carbocycles. The molecule has 12 nitrogen and oxygen atoms in total. The highest BCUT2D eigenvalue weighted by molar-refractivity contribution is 7.92. The zero-order valence-electron chi connectivity index (χ0n) is 21.8. The second-order valence-corrected chi connectivity index (χ2v) is 13.2. The lowest BCUT2D eigenvalue weighted by Crippen LogP contribution is -2.60. The molecule has 0 bridgehead atoms. The molecule has 1 aliphatic heterocycles. The number of sulfone groups is 1. The van der Waals surface area contributed by atoms with Gasteiger partial charge in [-0.15, -0.1) is 0 Å². The number of rotatable bonds is 13. The van der Waals surface area contributed by atoms with Gasteiger partial charge in [0.05, 0.1) is 22.8 Å². The molecule has 2 aromatic carbocycles. The van der Waals surface area contributed by atoms with Crippen LogP contribution in [0.1, 0.15) is 25.8 Å². The predicted octanol–water partition coefficient (Wildman–Crippen LogP) is 2.68. The Hall–Kier alpha value is -2.51. The van der Waals surface area contributed by atoms with Crippen molar-refractivity contribution in [3.63, 3.8) is 0 Å². The third-order valence-electron chi connectivity index (χ3n) is 6.45. The largest absolute Gasteiger partial charge is 0.469 e. The summed E-state index contributed by atoms with van der Waals surface area (Å²) in [5, 5.41) is 9.44. The maximum Gasteiger partial charge on any atom is 0.469 e. The van der Waals surface area contributed by atoms with Crippen LogP contribution < -0.4 is 11.2 Å². The van der Waals surface area contributed by atoms with Crippen molar-refractivity contribution in [1.29, 1.82) is 0 Å². The Balaban J connectivity index is 2.23. The van der Waals surface area contributed by atoms with Crippen LogP contribution >= 0.6 is 7.82 Å². The number of phosphoric ester groups is 1. The molecule has 1 fully saturated rings. The van der Waals surface area contributed by atoms with Crippen LogP contribution in [0.2, 0.25) is 0 Å². The number of nitrogens with two attached hydrogens (primary N) is 1. The highest BCUT2D eigenvalue weighted by atomic mass is 32.2. The SMILES string of the molecule is CC(C)CNN(C(=O)O)[C@@H](Cc1ccccc1)[C@@H](OP(=O)(O)O)[C@H](C1CCOC1)S(=O)(=O)c1ccc(N)cc1. The first-order valence-corrected chi connectivity index (χ1v) is 15.6. The van der Waals surface area contributed by atoms with E-state index >= 15 is 0 Å². The molecule has 1 amide bonds. The maximum atomic E-state index is 14.2. The average molecular weight is 586 g/mol. The highest BCUT2D eigenvalue weighted by Crippen LogP contribution is 2.44. The van der Waals surface area contributed by atoms with Gasteiger partial charge in [0.25, 0.3) is 0 Å². The fraction of sp³-hybridized carbons (Fsp3) is 0.480. The van der Waals surface area contributed by atoms with Crippen LogP contribution in [0.4, 0.5) is 10.5 Å². The fourth-order valence-corrected chi connectivity index (χ4v) is 7.46. The molecule has 1 heterocycles. The monoisotopic (exact) mass is 585 g/mol. The van der Waals surface area contributed by atoms with Gasteiger partial charge in [-0.1, -0.05) is 44.2 Å². The second-order valence-electron chi connectivity index (χ2n) is 9.93. The first kappa shape index (κ1) is 31.0. The Morgan fingerprint density at radius 2 is 1.82 bits per heavy atom. The molecule has 6 N–H and O–H groups in total. The van der Waals surface area contributed by atoms with Crippen LogP contribution in [0.3, 0.4) is 0 Å². The van der Waals surface area contributed by atoms with Crippen molar-refractivity contribution in [3.05, 3.63) is 60.2 Å². The summed E-state index contributed by atoms with van der Waals surface area (Å²) in [7, 11) is -9.68. The quantitative estimate of drug-likeness (QED) is 0.132. The van der Waals surface area contributed by atoms with Crippen LogP contribution in [0.5, 0.6) is 0 Å². The van der Waals surface area contributed by atoms with E-state index in [0.29, 0.717) is 11.3 Å². The molecule has 0 spiro atoms. The molecular formula is C25H36N3O9PS. The van der Waals surface area contributed by atoms with Crippen LogP contribution in [-0.2, 0) is 30.1 Å². The molecule has 1 unspecified atom stereocenters. The maximum absolute atomic E-state index is 14.2. The summed E-state index contributed by atoms with van der Waals surface area (Å²) in [5.74, 6) is -0.731. The van der Waals surface area contributed by atoms with E-state index in [-0.39, 0.29) is 43.4 Å². The molecule has 216 valence electrons. The van der Waals surface area contributed by atoms with E-state index in [1.807, 2.05) is 13.8 Å². The molecule has 3 rings (SSSR count). The Labute approximate surface area is 228 Å². The smallest absolute Gasteiger partial charge is 0.464 e. The van der Waals surface area contributed by atoms with Crippen molar-refractivity contribution >= 4 is 29.4 Å². The molecule has 0 radical (unpaired) electrons. The first-order chi connectivity index (χ1) is 18.3. The Morgan fingerprint density at radius 1 is 1.18 bits per heavy atom. The van der Waals surface area contributed by atoms with Gasteiger partial charge in [-0.2, -0.15) is 0 Å². The van der Waals surface area contributed by atoms with E-state index in [2.05, 4.69) is 5.43 Å². The molecule has 14 heteroatoms. The van der Waals surface area contributed by atoms with Gasteiger partial charge < -0.3 is 25.4 Å². The fourth-order valence-electron chi connectivity index (χ4n) is 4.65. The van der Waals surface area contributed by atoms with Crippen molar-refractivity contribution in [1.82, 2.24) is 10.4 Å². The molecule has 1 aliphatic rings. The molecule has 4 atom stereocenters. The minimum atomic E-state index is -5.32. The second kappa shape index (κ2) is 13.2. The van der Waals surface area contributed by atoms with E-state index in [1.165, 1.54) is 24.3 Å². The first-order valence-electron chi connectivity index (χ1n) is 12.5. The lowest BCUT2D eigenvalue weighted by Gasteiger charge is -2.40. The molecule has 1 saturated heterocycles. The lowest BCUT2D eigenvalue weighted by atomic mass is 9.92. The van der Waals surface area contributed by atoms with Crippen molar-refractivity contribution in [2.24, 2.45) is 11.8 Å². The number of amides is 1. The van der Waals surface area contributed by atoms with Gasteiger partial charge >= 0.3 is 13.9 Å². The van der Waals surface area contributed by atoms with Gasteiger partial charge in [0.15, 0.2) is 9.84 Å². The molecule has 2 aromatic rings. The summed E-state index contributed by atoms with van der Waals surface area (Å²) in [6, 6.07) is 12.7. The van der Waals surface area contributed by atoms with Gasteiger partial charge in [-0.05, 0) is 48.6 Å². The van der Waals surface area contributed by atoms with Crippen LogP contribution in [0.15, 0.2) is 59.5 Å². The van der Waals surface area contributed by atoms with E-state index in [1.54, 1.807) is 30.3 Å². The van der Waals surface area contributed by atoms with Crippen LogP contribution in [0, 0.1) is 11.8 Å². The number of carbonyl (C=O) groups is 1. The van der Waals surface area contributed by atoms with Crippen molar-refractivity contribution < 1.29 is 41.9 Å². The zero-order chi connectivity index (χ0) is 28.8. The lowest BCUT2D eigenvalue weighted by molar-refractivity contribution is 0.00972. The number of carboxylic acid groups (broad SMARTS) is 1. The van der Waals surface area contributed by atoms with Crippen molar-refractivity contribution in [3.8, 4) is 0 Å². The van der Waals surface area contributed by atoms with Crippen LogP contribution in [0.25, 0.3) is 0 Å². The third kappa shape index (κ3) is 8.49. The number of hydrogen-bond donors (Lipinski definition) is 5.